The van der Waals surface area contributed by atoms with Crippen molar-refractivity contribution >= 4 is 38.6 Å². The van der Waals surface area contributed by atoms with Crippen molar-refractivity contribution in [1.82, 2.24) is 9.97 Å². The highest BCUT2D eigenvalue weighted by Gasteiger charge is 2.10. The monoisotopic (exact) mass is 381 g/mol. The fourth-order valence-corrected chi connectivity index (χ4v) is 2.74. The maximum absolute atomic E-state index is 9.57. The van der Waals surface area contributed by atoms with Gasteiger partial charge in [-0.25, -0.2) is 4.98 Å². The predicted octanol–water partition coefficient (Wildman–Crippen LogP) is 5.18. The normalized spacial score (nSPS) is 11.5. The van der Waals surface area contributed by atoms with Gasteiger partial charge in [0, 0.05) is 10.0 Å². The number of H-pyrrole nitrogens is 1. The summed E-state index contributed by atoms with van der Waals surface area (Å²) < 4.78 is 6.71. The second-order valence-corrected chi connectivity index (χ2v) is 6.22. The zero-order valence-corrected chi connectivity index (χ0v) is 14.8. The number of aromatic amines is 1. The van der Waals surface area contributed by atoms with Gasteiger partial charge in [-0.3, -0.25) is 0 Å². The average molecular weight is 382 g/mol. The van der Waals surface area contributed by atoms with E-state index in [0.717, 1.165) is 33.2 Å². The lowest BCUT2D eigenvalue weighted by Crippen LogP contribution is -1.97. The highest BCUT2D eigenvalue weighted by molar-refractivity contribution is 9.10. The van der Waals surface area contributed by atoms with Crippen LogP contribution in [0.25, 0.3) is 22.7 Å². The average Bonchev–Trinajstić information content (AvgIpc) is 3.02. The van der Waals surface area contributed by atoms with E-state index in [2.05, 4.69) is 38.9 Å². The molecule has 4 nitrogen and oxygen atoms in total. The van der Waals surface area contributed by atoms with Crippen molar-refractivity contribution in [2.75, 3.05) is 6.61 Å². The van der Waals surface area contributed by atoms with Crippen LogP contribution in [0.5, 0.6) is 5.75 Å². The van der Waals surface area contributed by atoms with E-state index < -0.39 is 0 Å². The third-order valence-corrected chi connectivity index (χ3v) is 3.99. The van der Waals surface area contributed by atoms with E-state index in [9.17, 15) is 5.26 Å². The topological polar surface area (TPSA) is 61.7 Å². The fraction of sp³-hybridized carbons (Fsp3) is 0.158. The Morgan fingerprint density at radius 1 is 1.33 bits per heavy atom. The van der Waals surface area contributed by atoms with Crippen LogP contribution >= 0.6 is 15.9 Å². The summed E-state index contributed by atoms with van der Waals surface area (Å²) in [6.07, 6.45) is 2.72. The van der Waals surface area contributed by atoms with E-state index >= 15 is 0 Å². The molecule has 0 saturated carbocycles. The minimum atomic E-state index is 0.464. The number of rotatable bonds is 5. The number of hydrogen-bond acceptors (Lipinski definition) is 3. The molecule has 1 N–H and O–H groups in total. The van der Waals surface area contributed by atoms with Gasteiger partial charge >= 0.3 is 0 Å². The number of para-hydroxylation sites is 2. The van der Waals surface area contributed by atoms with Gasteiger partial charge in [-0.15, -0.1) is 0 Å². The van der Waals surface area contributed by atoms with Crippen molar-refractivity contribution < 1.29 is 4.74 Å². The maximum atomic E-state index is 9.57. The van der Waals surface area contributed by atoms with Crippen LogP contribution in [0.3, 0.4) is 0 Å². The molecule has 0 amide bonds. The van der Waals surface area contributed by atoms with Gasteiger partial charge in [-0.05, 0) is 42.8 Å². The van der Waals surface area contributed by atoms with Gasteiger partial charge in [0.05, 0.1) is 23.2 Å². The quantitative estimate of drug-likeness (QED) is 0.619. The molecule has 0 saturated heterocycles. The number of nitriles is 1. The lowest BCUT2D eigenvalue weighted by atomic mass is 10.1. The van der Waals surface area contributed by atoms with E-state index in [-0.39, 0.29) is 0 Å². The minimum Gasteiger partial charge on any atom is -0.493 e. The number of halogens is 1. The molecule has 120 valence electrons. The highest BCUT2D eigenvalue weighted by Crippen LogP contribution is 2.28. The summed E-state index contributed by atoms with van der Waals surface area (Å²) in [5.74, 6) is 1.31. The summed E-state index contributed by atoms with van der Waals surface area (Å²) >= 11 is 3.47. The van der Waals surface area contributed by atoms with Crippen molar-refractivity contribution in [2.24, 2.45) is 0 Å². The van der Waals surface area contributed by atoms with Crippen molar-refractivity contribution in [3.05, 3.63) is 58.3 Å². The van der Waals surface area contributed by atoms with Crippen LogP contribution in [0.2, 0.25) is 0 Å². The molecule has 0 unspecified atom stereocenters. The number of allylic oxidation sites excluding steroid dienone is 1. The number of imidazole rings is 1. The summed E-state index contributed by atoms with van der Waals surface area (Å²) in [4.78, 5) is 7.69. The molecule has 1 heterocycles. The molecular formula is C19H16BrN3O. The van der Waals surface area contributed by atoms with Crippen molar-refractivity contribution in [3.63, 3.8) is 0 Å². The lowest BCUT2D eigenvalue weighted by molar-refractivity contribution is 0.317. The minimum absolute atomic E-state index is 0.464. The van der Waals surface area contributed by atoms with E-state index in [1.165, 1.54) is 0 Å². The Bertz CT molecular complexity index is 904. The predicted molar refractivity (Wildman–Crippen MR) is 99.5 cm³/mol. The molecule has 5 heteroatoms. The molecule has 24 heavy (non-hydrogen) atoms. The molecule has 0 aliphatic carbocycles. The van der Waals surface area contributed by atoms with E-state index in [1.54, 1.807) is 6.08 Å². The van der Waals surface area contributed by atoms with Gasteiger partial charge in [0.15, 0.2) is 0 Å². The molecule has 0 fully saturated rings. The first-order valence-corrected chi connectivity index (χ1v) is 8.50. The molecular weight excluding hydrogens is 366 g/mol. The van der Waals surface area contributed by atoms with Crippen LogP contribution in [0, 0.1) is 11.3 Å². The molecule has 3 rings (SSSR count). The Kier molecular flexibility index (Phi) is 4.97. The number of nitrogens with zero attached hydrogens (tertiary/aromatic N) is 2. The molecule has 0 spiro atoms. The smallest absolute Gasteiger partial charge is 0.149 e. The fourth-order valence-electron chi connectivity index (χ4n) is 2.37. The Balaban J connectivity index is 2.04. The number of nitrogens with one attached hydrogen (secondary N) is 1. The summed E-state index contributed by atoms with van der Waals surface area (Å²) in [6, 6.07) is 15.7. The summed E-state index contributed by atoms with van der Waals surface area (Å²) in [5, 5.41) is 9.57. The van der Waals surface area contributed by atoms with E-state index in [0.29, 0.717) is 18.0 Å². The van der Waals surface area contributed by atoms with E-state index in [4.69, 9.17) is 4.74 Å². The molecule has 0 bridgehead atoms. The van der Waals surface area contributed by atoms with Crippen molar-refractivity contribution in [2.45, 2.75) is 13.3 Å². The molecule has 0 atom stereocenters. The second kappa shape index (κ2) is 7.33. The number of fused-ring (bicyclic) bond motifs is 1. The molecule has 0 aliphatic heterocycles. The third kappa shape index (κ3) is 3.50. The molecule has 2 aromatic carbocycles. The van der Waals surface area contributed by atoms with Crippen LogP contribution in [0.4, 0.5) is 0 Å². The summed E-state index contributed by atoms with van der Waals surface area (Å²) in [6.45, 7) is 2.69. The Hall–Kier alpha value is -2.58. The van der Waals surface area contributed by atoms with Gasteiger partial charge in [0.1, 0.15) is 17.6 Å². The zero-order chi connectivity index (χ0) is 16.9. The maximum Gasteiger partial charge on any atom is 0.149 e. The Labute approximate surface area is 148 Å². The Morgan fingerprint density at radius 2 is 2.17 bits per heavy atom. The summed E-state index contributed by atoms with van der Waals surface area (Å²) in [7, 11) is 0. The molecule has 1 aromatic heterocycles. The van der Waals surface area contributed by atoms with Gasteiger partial charge in [-0.1, -0.05) is 35.0 Å². The highest BCUT2D eigenvalue weighted by atomic mass is 79.9. The largest absolute Gasteiger partial charge is 0.493 e. The third-order valence-electron chi connectivity index (χ3n) is 3.50. The number of hydrogen-bond donors (Lipinski definition) is 1. The zero-order valence-electron chi connectivity index (χ0n) is 13.2. The number of aromatic nitrogens is 2. The lowest BCUT2D eigenvalue weighted by Gasteiger charge is -2.09. The standard InChI is InChI=1S/C19H16BrN3O/c1-2-9-24-18-8-7-15(20)11-13(18)10-14(12-21)19-22-16-5-3-4-6-17(16)23-19/h3-8,10-11H,2,9H2,1H3,(H,22,23)/b14-10+. The van der Waals surface area contributed by atoms with Crippen LogP contribution in [0.1, 0.15) is 24.7 Å². The van der Waals surface area contributed by atoms with Crippen LogP contribution in [-0.2, 0) is 0 Å². The van der Waals surface area contributed by atoms with Gasteiger partial charge in [0.25, 0.3) is 0 Å². The van der Waals surface area contributed by atoms with Crippen molar-refractivity contribution in [3.8, 4) is 11.8 Å². The van der Waals surface area contributed by atoms with Gasteiger partial charge < -0.3 is 9.72 Å². The number of benzene rings is 2. The first-order valence-electron chi connectivity index (χ1n) is 7.70. The van der Waals surface area contributed by atoms with Gasteiger partial charge in [-0.2, -0.15) is 5.26 Å². The van der Waals surface area contributed by atoms with E-state index in [1.807, 2.05) is 42.5 Å². The van der Waals surface area contributed by atoms with Crippen LogP contribution in [0.15, 0.2) is 46.9 Å². The first kappa shape index (κ1) is 16.3. The molecule has 0 radical (unpaired) electrons. The number of ether oxygens (including phenoxy) is 1. The van der Waals surface area contributed by atoms with Crippen molar-refractivity contribution in [1.29, 1.82) is 5.26 Å². The SMILES string of the molecule is CCCOc1ccc(Br)cc1/C=C(\C#N)c1nc2ccccc2[nH]1. The van der Waals surface area contributed by atoms with Crippen LogP contribution in [-0.4, -0.2) is 16.6 Å². The van der Waals surface area contributed by atoms with Gasteiger partial charge in [0.2, 0.25) is 0 Å². The molecule has 3 aromatic rings. The first-order chi connectivity index (χ1) is 11.7. The second-order valence-electron chi connectivity index (χ2n) is 5.30. The Morgan fingerprint density at radius 3 is 2.92 bits per heavy atom. The van der Waals surface area contributed by atoms with Crippen LogP contribution < -0.4 is 4.74 Å². The molecule has 0 aliphatic rings. The summed E-state index contributed by atoms with van der Waals surface area (Å²) in [5.41, 5.74) is 3.05.